The normalized spacial score (nSPS) is 9.10. The Morgan fingerprint density at radius 2 is 2.10 bits per heavy atom. The van der Waals surface area contributed by atoms with Crippen LogP contribution in [0.2, 0.25) is 0 Å². The lowest BCUT2D eigenvalue weighted by atomic mass is 9.99. The second-order valence-corrected chi connectivity index (χ2v) is 2.16. The average Bonchev–Trinajstić information content (AvgIpc) is 1.91. The molecule has 56 valence electrons. The van der Waals surface area contributed by atoms with E-state index in [-0.39, 0.29) is 11.7 Å². The van der Waals surface area contributed by atoms with Crippen LogP contribution in [0, 0.1) is 5.92 Å². The molecule has 0 fully saturated rings. The van der Waals surface area contributed by atoms with E-state index in [1.807, 2.05) is 13.8 Å². The molecular weight excluding hydrogens is 128 g/mol. The van der Waals surface area contributed by atoms with Crippen LogP contribution in [0.15, 0.2) is 0 Å². The fourth-order valence-corrected chi connectivity index (χ4v) is 0.853. The van der Waals surface area contributed by atoms with E-state index in [2.05, 4.69) is 4.79 Å². The van der Waals surface area contributed by atoms with Crippen LogP contribution >= 0.6 is 0 Å². The number of ketones is 1. The van der Waals surface area contributed by atoms with Gasteiger partial charge in [0, 0.05) is 5.92 Å². The Morgan fingerprint density at radius 3 is 2.40 bits per heavy atom. The fraction of sp³-hybridized carbons (Fsp3) is 0.714. The van der Waals surface area contributed by atoms with Gasteiger partial charge in [0.05, 0.1) is 0 Å². The van der Waals surface area contributed by atoms with Crippen molar-refractivity contribution in [3.05, 3.63) is 5.53 Å². The third-order valence-electron chi connectivity index (χ3n) is 1.57. The van der Waals surface area contributed by atoms with Gasteiger partial charge in [-0.1, -0.05) is 13.8 Å². The highest BCUT2D eigenvalue weighted by Gasteiger charge is 2.14. The molecule has 0 aliphatic heterocycles. The first-order valence-corrected chi connectivity index (χ1v) is 3.47. The Kier molecular flexibility index (Phi) is 4.42. The number of Topliss-reactive ketones (excluding diaryl/α,β-unsaturated/α-hetero) is 1. The van der Waals surface area contributed by atoms with E-state index >= 15 is 0 Å². The molecule has 0 rings (SSSR count). The van der Waals surface area contributed by atoms with E-state index in [0.29, 0.717) is 0 Å². The quantitative estimate of drug-likeness (QED) is 0.330. The lowest BCUT2D eigenvalue weighted by Crippen LogP contribution is -2.13. The highest BCUT2D eigenvalue weighted by Crippen LogP contribution is 2.06. The van der Waals surface area contributed by atoms with Crippen LogP contribution in [-0.4, -0.2) is 16.8 Å². The zero-order chi connectivity index (χ0) is 7.98. The van der Waals surface area contributed by atoms with Crippen LogP contribution < -0.4 is 0 Å². The van der Waals surface area contributed by atoms with Crippen molar-refractivity contribution in [1.82, 2.24) is 0 Å². The number of hydrogen-bond acceptors (Lipinski definition) is 1. The summed E-state index contributed by atoms with van der Waals surface area (Å²) >= 11 is 0. The summed E-state index contributed by atoms with van der Waals surface area (Å²) in [6, 6.07) is 0. The molecule has 10 heavy (non-hydrogen) atoms. The largest absolute Gasteiger partial charge is 0.361 e. The molecule has 0 unspecified atom stereocenters. The highest BCUT2D eigenvalue weighted by molar-refractivity contribution is 6.26. The molecule has 0 amide bonds. The monoisotopic (exact) mass is 140 g/mol. The van der Waals surface area contributed by atoms with Crippen molar-refractivity contribution in [2.75, 3.05) is 0 Å². The average molecular weight is 140 g/mol. The van der Waals surface area contributed by atoms with E-state index in [0.717, 1.165) is 19.1 Å². The molecule has 0 heterocycles. The first-order chi connectivity index (χ1) is 4.76. The summed E-state index contributed by atoms with van der Waals surface area (Å²) < 4.78 is 0. The van der Waals surface area contributed by atoms with Gasteiger partial charge in [-0.25, -0.2) is 0 Å². The Labute approximate surface area is 60.7 Å². The standard InChI is InChI=1S/C7H12N2O/c1-3-6(4-2)7(10)5-9-8/h5-6H,3-4H2,1-2H3. The van der Waals surface area contributed by atoms with Gasteiger partial charge in [0.2, 0.25) is 5.78 Å². The summed E-state index contributed by atoms with van der Waals surface area (Å²) in [5, 5.41) is 0. The third kappa shape index (κ3) is 2.55. The Balaban J connectivity index is 4.01. The van der Waals surface area contributed by atoms with Crippen LogP contribution in [0.3, 0.4) is 0 Å². The van der Waals surface area contributed by atoms with Crippen molar-refractivity contribution in [2.45, 2.75) is 26.7 Å². The highest BCUT2D eigenvalue weighted by atomic mass is 16.1. The number of carbonyl (C=O) groups excluding carboxylic acids is 1. The summed E-state index contributed by atoms with van der Waals surface area (Å²) in [7, 11) is 0. The molecule has 0 saturated heterocycles. The van der Waals surface area contributed by atoms with E-state index in [9.17, 15) is 4.79 Å². The van der Waals surface area contributed by atoms with E-state index < -0.39 is 0 Å². The molecular formula is C7H12N2O. The Hall–Kier alpha value is -0.950. The molecule has 0 aromatic carbocycles. The van der Waals surface area contributed by atoms with Crippen molar-refractivity contribution in [3.8, 4) is 0 Å². The SMILES string of the molecule is CCC(CC)C(=O)C=[N+]=[N-]. The molecule has 0 aliphatic rings. The van der Waals surface area contributed by atoms with Gasteiger partial charge in [-0.2, -0.15) is 4.79 Å². The number of carbonyl (C=O) groups is 1. The molecule has 3 nitrogen and oxygen atoms in total. The van der Waals surface area contributed by atoms with Gasteiger partial charge in [-0.15, -0.1) is 0 Å². The van der Waals surface area contributed by atoms with Crippen molar-refractivity contribution in [3.63, 3.8) is 0 Å². The third-order valence-corrected chi connectivity index (χ3v) is 1.57. The summed E-state index contributed by atoms with van der Waals surface area (Å²) in [5.41, 5.74) is 8.03. The van der Waals surface area contributed by atoms with Crippen molar-refractivity contribution >= 4 is 12.0 Å². The molecule has 0 N–H and O–H groups in total. The first kappa shape index (κ1) is 9.05. The summed E-state index contributed by atoms with van der Waals surface area (Å²) in [6.07, 6.45) is 2.58. The maximum Gasteiger partial charge on any atom is 0.323 e. The smallest absolute Gasteiger partial charge is 0.323 e. The maximum atomic E-state index is 10.9. The molecule has 3 heteroatoms. The second kappa shape index (κ2) is 4.89. The molecule has 0 radical (unpaired) electrons. The Bertz CT molecular complexity index is 155. The van der Waals surface area contributed by atoms with Crippen LogP contribution in [-0.2, 0) is 4.79 Å². The molecule has 0 aromatic heterocycles. The molecule has 0 saturated carbocycles. The zero-order valence-electron chi connectivity index (χ0n) is 6.37. The first-order valence-electron chi connectivity index (χ1n) is 3.47. The van der Waals surface area contributed by atoms with Crippen LogP contribution in [0.5, 0.6) is 0 Å². The molecule has 0 atom stereocenters. The van der Waals surface area contributed by atoms with Gasteiger partial charge in [0.25, 0.3) is 0 Å². The van der Waals surface area contributed by atoms with Crippen molar-refractivity contribution in [2.24, 2.45) is 5.92 Å². The van der Waals surface area contributed by atoms with Gasteiger partial charge in [-0.3, -0.25) is 4.79 Å². The topological polar surface area (TPSA) is 53.5 Å². The van der Waals surface area contributed by atoms with Gasteiger partial charge in [0.15, 0.2) is 0 Å². The summed E-state index contributed by atoms with van der Waals surface area (Å²) in [4.78, 5) is 13.6. The fourth-order valence-electron chi connectivity index (χ4n) is 0.853. The molecule has 0 aromatic rings. The second-order valence-electron chi connectivity index (χ2n) is 2.16. The van der Waals surface area contributed by atoms with E-state index in [1.165, 1.54) is 0 Å². The Morgan fingerprint density at radius 1 is 1.60 bits per heavy atom. The number of rotatable bonds is 4. The molecule has 0 spiro atoms. The van der Waals surface area contributed by atoms with E-state index in [1.54, 1.807) is 0 Å². The number of hydrogen-bond donors (Lipinski definition) is 0. The van der Waals surface area contributed by atoms with Gasteiger partial charge < -0.3 is 5.53 Å². The van der Waals surface area contributed by atoms with Gasteiger partial charge >= 0.3 is 6.21 Å². The minimum atomic E-state index is -0.0903. The predicted molar refractivity (Wildman–Crippen MR) is 38.8 cm³/mol. The lowest BCUT2D eigenvalue weighted by Gasteiger charge is -2.02. The van der Waals surface area contributed by atoms with Crippen LogP contribution in [0.25, 0.3) is 5.53 Å². The lowest BCUT2D eigenvalue weighted by molar-refractivity contribution is -0.119. The van der Waals surface area contributed by atoms with E-state index in [4.69, 9.17) is 5.53 Å². The molecule has 0 bridgehead atoms. The molecule has 0 aliphatic carbocycles. The number of nitrogens with zero attached hydrogens (tertiary/aromatic N) is 2. The van der Waals surface area contributed by atoms with Crippen molar-refractivity contribution in [1.29, 1.82) is 0 Å². The van der Waals surface area contributed by atoms with Gasteiger partial charge in [0.1, 0.15) is 0 Å². The summed E-state index contributed by atoms with van der Waals surface area (Å²) in [6.45, 7) is 3.88. The zero-order valence-corrected chi connectivity index (χ0v) is 6.37. The van der Waals surface area contributed by atoms with Crippen LogP contribution in [0.4, 0.5) is 0 Å². The predicted octanol–water partition coefficient (Wildman–Crippen LogP) is 1.29. The summed E-state index contributed by atoms with van der Waals surface area (Å²) in [5.74, 6) is -0.0663. The van der Waals surface area contributed by atoms with Crippen molar-refractivity contribution < 1.29 is 9.58 Å². The maximum absolute atomic E-state index is 10.9. The minimum absolute atomic E-state index is 0.0240. The minimum Gasteiger partial charge on any atom is -0.361 e. The van der Waals surface area contributed by atoms with Gasteiger partial charge in [-0.05, 0) is 12.8 Å². The van der Waals surface area contributed by atoms with Crippen LogP contribution in [0.1, 0.15) is 26.7 Å².